The SMILES string of the molecule is CC(C)(C)c1ccc2c(c1)c1ccc(-n3c4ccccc4c4ccccc43)cc1n2-c1c(-c2ccc(-c3ccccc3)cc2)cc(-c2nc(-c3ccccc3)nc(-c3ccccc3)n2)cc1-c1ccc(-c2ccccc2)cc1. The maximum atomic E-state index is 5.36. The van der Waals surface area contributed by atoms with Crippen LogP contribution >= 0.6 is 0 Å². The van der Waals surface area contributed by atoms with Gasteiger partial charge in [0.15, 0.2) is 17.5 Å². The highest BCUT2D eigenvalue weighted by Crippen LogP contribution is 2.46. The van der Waals surface area contributed by atoms with Gasteiger partial charge < -0.3 is 9.13 Å². The van der Waals surface area contributed by atoms with Crippen LogP contribution in [0.4, 0.5) is 0 Å². The zero-order valence-corrected chi connectivity index (χ0v) is 43.6. The van der Waals surface area contributed by atoms with Crippen molar-refractivity contribution in [1.29, 1.82) is 0 Å². The van der Waals surface area contributed by atoms with Crippen molar-refractivity contribution in [2.24, 2.45) is 0 Å². The molecule has 0 aliphatic heterocycles. The van der Waals surface area contributed by atoms with Crippen LogP contribution in [0, 0.1) is 0 Å². The van der Waals surface area contributed by atoms with E-state index >= 15 is 0 Å². The minimum atomic E-state index is -0.0771. The van der Waals surface area contributed by atoms with Crippen LogP contribution in [-0.2, 0) is 5.41 Å². The van der Waals surface area contributed by atoms with E-state index in [2.05, 4.69) is 260 Å². The lowest BCUT2D eigenvalue weighted by atomic mass is 9.86. The van der Waals surface area contributed by atoms with Gasteiger partial charge in [-0.2, -0.15) is 0 Å². The highest BCUT2D eigenvalue weighted by atomic mass is 15.0. The Bertz CT molecular complexity index is 4320. The molecule has 5 heteroatoms. The maximum Gasteiger partial charge on any atom is 0.164 e. The Morgan fingerprint density at radius 1 is 0.269 bits per heavy atom. The number of benzene rings is 11. The van der Waals surface area contributed by atoms with Crippen molar-refractivity contribution < 1.29 is 0 Å². The molecule has 3 heterocycles. The monoisotopic (exact) mass is 999 g/mol. The normalized spacial score (nSPS) is 11.8. The van der Waals surface area contributed by atoms with Crippen LogP contribution in [-0.4, -0.2) is 24.1 Å². The predicted molar refractivity (Wildman–Crippen MR) is 325 cm³/mol. The van der Waals surface area contributed by atoms with E-state index in [4.69, 9.17) is 15.0 Å². The molecule has 0 radical (unpaired) electrons. The Hall–Kier alpha value is -9.97. The van der Waals surface area contributed by atoms with Crippen molar-refractivity contribution in [2.45, 2.75) is 26.2 Å². The van der Waals surface area contributed by atoms with Gasteiger partial charge in [0, 0.05) is 55.0 Å². The molecule has 0 bridgehead atoms. The van der Waals surface area contributed by atoms with Crippen molar-refractivity contribution in [3.8, 4) is 90.0 Å². The first-order chi connectivity index (χ1) is 38.3. The first-order valence-electron chi connectivity index (χ1n) is 26.8. The van der Waals surface area contributed by atoms with E-state index in [-0.39, 0.29) is 5.41 Å². The molecule has 0 saturated carbocycles. The molecular formula is C73H53N5. The molecule has 370 valence electrons. The molecule has 3 aromatic heterocycles. The third-order valence-electron chi connectivity index (χ3n) is 15.4. The Labute approximate surface area is 454 Å². The summed E-state index contributed by atoms with van der Waals surface area (Å²) in [6, 6.07) is 96.1. The Morgan fingerprint density at radius 3 is 1.13 bits per heavy atom. The second kappa shape index (κ2) is 19.0. The van der Waals surface area contributed by atoms with Crippen molar-refractivity contribution in [3.05, 3.63) is 272 Å². The Balaban J connectivity index is 1.11. The summed E-state index contributed by atoms with van der Waals surface area (Å²) in [6.07, 6.45) is 0. The summed E-state index contributed by atoms with van der Waals surface area (Å²) in [4.78, 5) is 15.8. The van der Waals surface area contributed by atoms with Gasteiger partial charge in [-0.25, -0.2) is 15.0 Å². The van der Waals surface area contributed by atoms with Gasteiger partial charge in [0.25, 0.3) is 0 Å². The van der Waals surface area contributed by atoms with Gasteiger partial charge in [-0.05, 0) is 92.9 Å². The second-order valence-corrected chi connectivity index (χ2v) is 21.2. The molecule has 5 nitrogen and oxygen atoms in total. The van der Waals surface area contributed by atoms with E-state index in [9.17, 15) is 0 Å². The lowest BCUT2D eigenvalue weighted by Gasteiger charge is -2.22. The third-order valence-corrected chi connectivity index (χ3v) is 15.4. The lowest BCUT2D eigenvalue weighted by Crippen LogP contribution is -2.10. The Kier molecular flexibility index (Phi) is 11.3. The summed E-state index contributed by atoms with van der Waals surface area (Å²) < 4.78 is 4.97. The fraction of sp³-hybridized carbons (Fsp3) is 0.0548. The van der Waals surface area contributed by atoms with E-state index in [0.717, 1.165) is 72.5 Å². The molecule has 0 fully saturated rings. The van der Waals surface area contributed by atoms with E-state index in [1.54, 1.807) is 0 Å². The van der Waals surface area contributed by atoms with E-state index in [1.165, 1.54) is 49.3 Å². The summed E-state index contributed by atoms with van der Waals surface area (Å²) in [5.41, 5.74) is 19.5. The molecule has 78 heavy (non-hydrogen) atoms. The van der Waals surface area contributed by atoms with Gasteiger partial charge in [-0.1, -0.05) is 239 Å². The molecule has 0 amide bonds. The first kappa shape index (κ1) is 46.6. The maximum absolute atomic E-state index is 5.36. The Morgan fingerprint density at radius 2 is 0.654 bits per heavy atom. The minimum Gasteiger partial charge on any atom is -0.309 e. The molecular weight excluding hydrogens is 947 g/mol. The fourth-order valence-corrected chi connectivity index (χ4v) is 11.4. The van der Waals surface area contributed by atoms with Gasteiger partial charge in [-0.15, -0.1) is 0 Å². The van der Waals surface area contributed by atoms with Gasteiger partial charge >= 0.3 is 0 Å². The zero-order valence-electron chi connectivity index (χ0n) is 43.6. The van der Waals surface area contributed by atoms with Crippen molar-refractivity contribution >= 4 is 43.6 Å². The number of fused-ring (bicyclic) bond motifs is 6. The van der Waals surface area contributed by atoms with E-state index in [1.807, 2.05) is 36.4 Å². The lowest BCUT2D eigenvalue weighted by molar-refractivity contribution is 0.591. The summed E-state index contributed by atoms with van der Waals surface area (Å²) in [5, 5.41) is 4.83. The average molecular weight is 1000 g/mol. The van der Waals surface area contributed by atoms with Crippen LogP contribution in [0.1, 0.15) is 26.3 Å². The molecule has 0 atom stereocenters. The van der Waals surface area contributed by atoms with Crippen molar-refractivity contribution in [3.63, 3.8) is 0 Å². The molecule has 0 aliphatic rings. The number of aromatic nitrogens is 5. The first-order valence-corrected chi connectivity index (χ1v) is 26.8. The summed E-state index contributed by atoms with van der Waals surface area (Å²) in [7, 11) is 0. The van der Waals surface area contributed by atoms with Gasteiger partial charge in [-0.3, -0.25) is 0 Å². The van der Waals surface area contributed by atoms with E-state index < -0.39 is 0 Å². The number of hydrogen-bond donors (Lipinski definition) is 0. The third kappa shape index (κ3) is 8.25. The van der Waals surface area contributed by atoms with Gasteiger partial charge in [0.05, 0.1) is 27.8 Å². The number of rotatable bonds is 9. The molecule has 0 saturated heterocycles. The summed E-state index contributed by atoms with van der Waals surface area (Å²) in [5.74, 6) is 1.81. The number of nitrogens with zero attached hydrogens (tertiary/aromatic N) is 5. The van der Waals surface area contributed by atoms with Gasteiger partial charge in [0.1, 0.15) is 0 Å². The van der Waals surface area contributed by atoms with Crippen molar-refractivity contribution in [1.82, 2.24) is 24.1 Å². The predicted octanol–water partition coefficient (Wildman–Crippen LogP) is 19.0. The van der Waals surface area contributed by atoms with Crippen LogP contribution in [0.5, 0.6) is 0 Å². The smallest absolute Gasteiger partial charge is 0.164 e. The van der Waals surface area contributed by atoms with Crippen LogP contribution in [0.15, 0.2) is 267 Å². The molecule has 11 aromatic carbocycles. The molecule has 0 unspecified atom stereocenters. The van der Waals surface area contributed by atoms with Crippen LogP contribution < -0.4 is 0 Å². The molecule has 14 aromatic rings. The molecule has 14 rings (SSSR count). The minimum absolute atomic E-state index is 0.0771. The highest BCUT2D eigenvalue weighted by Gasteiger charge is 2.26. The fourth-order valence-electron chi connectivity index (χ4n) is 11.4. The number of para-hydroxylation sites is 2. The summed E-state index contributed by atoms with van der Waals surface area (Å²) >= 11 is 0. The highest BCUT2D eigenvalue weighted by molar-refractivity contribution is 6.13. The van der Waals surface area contributed by atoms with E-state index in [0.29, 0.717) is 17.5 Å². The summed E-state index contributed by atoms with van der Waals surface area (Å²) in [6.45, 7) is 6.90. The second-order valence-electron chi connectivity index (χ2n) is 21.2. The molecule has 0 spiro atoms. The average Bonchev–Trinajstić information content (AvgIpc) is 4.20. The topological polar surface area (TPSA) is 48.5 Å². The quantitative estimate of drug-likeness (QED) is 0.145. The van der Waals surface area contributed by atoms with Gasteiger partial charge in [0.2, 0.25) is 0 Å². The number of hydrogen-bond acceptors (Lipinski definition) is 3. The molecule has 0 N–H and O–H groups in total. The zero-order chi connectivity index (χ0) is 52.3. The standard InChI is InChI=1S/C73H53N5/c1-73(2,3)57-40-43-67-64(46-57)61-42-41-58(77-65-30-18-16-28-59(65)60-29-17-19-31-66(60)77)47-68(61)78(67)69-62(52-36-32-50(33-37-52)48-20-8-4-9-21-48)44-56(45-63(69)53-38-34-51(35-39-53)49-22-10-5-11-23-49)72-75-70(54-24-12-6-13-25-54)74-71(76-72)55-26-14-7-15-27-55/h4-47H,1-3H3. The van der Waals surface area contributed by atoms with Crippen molar-refractivity contribution in [2.75, 3.05) is 0 Å². The largest absolute Gasteiger partial charge is 0.309 e. The van der Waals surface area contributed by atoms with Crippen LogP contribution in [0.3, 0.4) is 0 Å². The van der Waals surface area contributed by atoms with Crippen LogP contribution in [0.25, 0.3) is 134 Å². The molecule has 0 aliphatic carbocycles. The van der Waals surface area contributed by atoms with Crippen LogP contribution in [0.2, 0.25) is 0 Å².